The average molecular weight is 343 g/mol. The van der Waals surface area contributed by atoms with Gasteiger partial charge in [-0.25, -0.2) is 0 Å². The van der Waals surface area contributed by atoms with E-state index in [1.807, 2.05) is 24.0 Å². The van der Waals surface area contributed by atoms with Crippen LogP contribution in [-0.2, 0) is 0 Å². The Kier molecular flexibility index (Phi) is 5.13. The Bertz CT molecular complexity index is 740. The number of aryl methyl sites for hydroxylation is 1. The lowest BCUT2D eigenvalue weighted by Crippen LogP contribution is -2.41. The van der Waals surface area contributed by atoms with E-state index in [0.29, 0.717) is 11.6 Å². The van der Waals surface area contributed by atoms with Crippen LogP contribution in [-0.4, -0.2) is 44.6 Å². The second-order valence-corrected chi connectivity index (χ2v) is 7.41. The third-order valence-corrected chi connectivity index (χ3v) is 5.86. The van der Waals surface area contributed by atoms with Gasteiger partial charge >= 0.3 is 0 Å². The van der Waals surface area contributed by atoms with Crippen LogP contribution in [0.3, 0.4) is 0 Å². The Morgan fingerprint density at radius 2 is 2.04 bits per heavy atom. The highest BCUT2D eigenvalue weighted by Gasteiger charge is 2.31. The molecule has 25 heavy (non-hydrogen) atoms. The van der Waals surface area contributed by atoms with Gasteiger partial charge in [0.25, 0.3) is 5.91 Å². The lowest BCUT2D eigenvalue weighted by atomic mass is 9.82. The topological polar surface area (TPSA) is 69.2 Å². The van der Waals surface area contributed by atoms with E-state index in [-0.39, 0.29) is 5.91 Å². The standard InChI is InChI=1S/C20H29N3O2/c1-4-20(25,5-2)13-15-7-10-23(11-8-15)19(24)18-12-16-14(3)21-9-6-17(16)22-18/h6,9,12,15,22,25H,4-5,7-8,10-11,13H2,1-3H3. The van der Waals surface area contributed by atoms with Crippen molar-refractivity contribution in [1.82, 2.24) is 14.9 Å². The van der Waals surface area contributed by atoms with E-state index < -0.39 is 5.60 Å². The number of carbonyl (C=O) groups excluding carboxylic acids is 1. The summed E-state index contributed by atoms with van der Waals surface area (Å²) in [6, 6.07) is 3.82. The Balaban J connectivity index is 1.64. The summed E-state index contributed by atoms with van der Waals surface area (Å²) in [5.74, 6) is 0.568. The SMILES string of the molecule is CCC(O)(CC)CC1CCN(C(=O)c2cc3c(C)nccc3[nH]2)CC1. The molecule has 0 atom stereocenters. The van der Waals surface area contributed by atoms with Gasteiger partial charge in [0.05, 0.1) is 5.60 Å². The molecule has 0 spiro atoms. The van der Waals surface area contributed by atoms with Gasteiger partial charge in [-0.15, -0.1) is 0 Å². The quantitative estimate of drug-likeness (QED) is 0.870. The number of aliphatic hydroxyl groups is 1. The fourth-order valence-electron chi connectivity index (χ4n) is 3.90. The highest BCUT2D eigenvalue weighted by atomic mass is 16.3. The van der Waals surface area contributed by atoms with Gasteiger partial charge in [0.15, 0.2) is 0 Å². The summed E-state index contributed by atoms with van der Waals surface area (Å²) >= 11 is 0. The predicted molar refractivity (Wildman–Crippen MR) is 99.6 cm³/mol. The maximum Gasteiger partial charge on any atom is 0.270 e. The summed E-state index contributed by atoms with van der Waals surface area (Å²) < 4.78 is 0. The van der Waals surface area contributed by atoms with Crippen LogP contribution >= 0.6 is 0 Å². The van der Waals surface area contributed by atoms with Crippen LogP contribution in [0.1, 0.15) is 62.1 Å². The number of aromatic nitrogens is 2. The number of nitrogens with one attached hydrogen (secondary N) is 1. The van der Waals surface area contributed by atoms with Crippen molar-refractivity contribution >= 4 is 16.8 Å². The number of carbonyl (C=O) groups is 1. The van der Waals surface area contributed by atoms with Crippen molar-refractivity contribution in [2.24, 2.45) is 5.92 Å². The molecule has 0 radical (unpaired) electrons. The van der Waals surface area contributed by atoms with Crippen molar-refractivity contribution in [3.8, 4) is 0 Å². The number of pyridine rings is 1. The van der Waals surface area contributed by atoms with Crippen LogP contribution in [0.2, 0.25) is 0 Å². The Hall–Kier alpha value is -1.88. The molecule has 3 rings (SSSR count). The third-order valence-electron chi connectivity index (χ3n) is 5.86. The minimum atomic E-state index is -0.543. The second kappa shape index (κ2) is 7.16. The lowest BCUT2D eigenvalue weighted by Gasteiger charge is -2.36. The van der Waals surface area contributed by atoms with Gasteiger partial charge in [-0.3, -0.25) is 9.78 Å². The average Bonchev–Trinajstić information content (AvgIpc) is 3.07. The highest BCUT2D eigenvalue weighted by molar-refractivity contribution is 5.98. The predicted octanol–water partition coefficient (Wildman–Crippen LogP) is 3.66. The first-order valence-corrected chi connectivity index (χ1v) is 9.41. The van der Waals surface area contributed by atoms with Gasteiger partial charge in [0.1, 0.15) is 5.69 Å². The molecule has 1 amide bonds. The molecule has 5 heteroatoms. The number of likely N-dealkylation sites (tertiary alicyclic amines) is 1. The Morgan fingerprint density at radius 1 is 1.36 bits per heavy atom. The second-order valence-electron chi connectivity index (χ2n) is 7.41. The number of fused-ring (bicyclic) bond motifs is 1. The molecule has 0 aliphatic carbocycles. The summed E-state index contributed by atoms with van der Waals surface area (Å²) in [4.78, 5) is 22.3. The first kappa shape index (κ1) is 17.9. The molecule has 0 saturated carbocycles. The zero-order valence-electron chi connectivity index (χ0n) is 15.5. The van der Waals surface area contributed by atoms with Crippen molar-refractivity contribution in [3.05, 3.63) is 29.7 Å². The maximum atomic E-state index is 12.8. The van der Waals surface area contributed by atoms with Crippen LogP contribution in [0, 0.1) is 12.8 Å². The van der Waals surface area contributed by atoms with Gasteiger partial charge in [-0.2, -0.15) is 0 Å². The number of piperidine rings is 1. The minimum Gasteiger partial charge on any atom is -0.390 e. The largest absolute Gasteiger partial charge is 0.390 e. The van der Waals surface area contributed by atoms with Gasteiger partial charge in [-0.1, -0.05) is 13.8 Å². The lowest BCUT2D eigenvalue weighted by molar-refractivity contribution is -0.00131. The van der Waals surface area contributed by atoms with Gasteiger partial charge in [0, 0.05) is 35.9 Å². The molecule has 2 aromatic rings. The minimum absolute atomic E-state index is 0.0651. The summed E-state index contributed by atoms with van der Waals surface area (Å²) in [5, 5.41) is 11.6. The monoisotopic (exact) mass is 343 g/mol. The number of rotatable bonds is 5. The van der Waals surface area contributed by atoms with Crippen molar-refractivity contribution in [1.29, 1.82) is 0 Å². The third kappa shape index (κ3) is 3.71. The molecule has 0 bridgehead atoms. The zero-order chi connectivity index (χ0) is 18.0. The van der Waals surface area contributed by atoms with Gasteiger partial charge in [-0.05, 0) is 57.1 Å². The number of H-pyrrole nitrogens is 1. The summed E-state index contributed by atoms with van der Waals surface area (Å²) in [5.41, 5.74) is 1.99. The van der Waals surface area contributed by atoms with E-state index in [9.17, 15) is 9.90 Å². The fourth-order valence-corrected chi connectivity index (χ4v) is 3.90. The Morgan fingerprint density at radius 3 is 2.64 bits per heavy atom. The molecule has 1 aliphatic rings. The number of amides is 1. The molecule has 1 aliphatic heterocycles. The molecular weight excluding hydrogens is 314 g/mol. The van der Waals surface area contributed by atoms with E-state index in [1.165, 1.54) is 0 Å². The van der Waals surface area contributed by atoms with Crippen LogP contribution in [0.15, 0.2) is 18.3 Å². The first-order valence-electron chi connectivity index (χ1n) is 9.41. The molecular formula is C20H29N3O2. The smallest absolute Gasteiger partial charge is 0.270 e. The van der Waals surface area contributed by atoms with Crippen LogP contribution in [0.4, 0.5) is 0 Å². The first-order chi connectivity index (χ1) is 12.0. The molecule has 136 valence electrons. The number of hydrogen-bond acceptors (Lipinski definition) is 3. The van der Waals surface area contributed by atoms with E-state index in [1.54, 1.807) is 6.20 Å². The van der Waals surface area contributed by atoms with E-state index >= 15 is 0 Å². The molecule has 3 heterocycles. The number of aromatic amines is 1. The van der Waals surface area contributed by atoms with Crippen molar-refractivity contribution in [2.45, 2.75) is 58.5 Å². The maximum absolute atomic E-state index is 12.8. The molecule has 2 N–H and O–H groups in total. The summed E-state index contributed by atoms with van der Waals surface area (Å²) in [6.07, 6.45) is 6.13. The molecule has 0 aromatic carbocycles. The highest BCUT2D eigenvalue weighted by Crippen LogP contribution is 2.31. The fraction of sp³-hybridized carbons (Fsp3) is 0.600. The summed E-state index contributed by atoms with van der Waals surface area (Å²) in [6.45, 7) is 7.58. The molecule has 5 nitrogen and oxygen atoms in total. The number of hydrogen-bond donors (Lipinski definition) is 2. The number of nitrogens with zero attached hydrogens (tertiary/aromatic N) is 2. The molecule has 2 aromatic heterocycles. The van der Waals surface area contributed by atoms with Gasteiger partial charge in [0.2, 0.25) is 0 Å². The van der Waals surface area contributed by atoms with Gasteiger partial charge < -0.3 is 15.0 Å². The molecule has 1 fully saturated rings. The van der Waals surface area contributed by atoms with Crippen molar-refractivity contribution in [3.63, 3.8) is 0 Å². The molecule has 1 saturated heterocycles. The Labute approximate surface area is 149 Å². The summed E-state index contributed by atoms with van der Waals surface area (Å²) in [7, 11) is 0. The van der Waals surface area contributed by atoms with E-state index in [2.05, 4.69) is 23.8 Å². The molecule has 0 unspecified atom stereocenters. The zero-order valence-corrected chi connectivity index (χ0v) is 15.5. The van der Waals surface area contributed by atoms with Crippen molar-refractivity contribution < 1.29 is 9.90 Å². The van der Waals surface area contributed by atoms with Crippen molar-refractivity contribution in [2.75, 3.05) is 13.1 Å². The van der Waals surface area contributed by atoms with Crippen LogP contribution < -0.4 is 0 Å². The van der Waals surface area contributed by atoms with Crippen LogP contribution in [0.25, 0.3) is 10.9 Å². The van der Waals surface area contributed by atoms with E-state index in [4.69, 9.17) is 0 Å². The van der Waals surface area contributed by atoms with E-state index in [0.717, 1.165) is 61.8 Å². The normalized spacial score (nSPS) is 16.6. The van der Waals surface area contributed by atoms with Crippen LogP contribution in [0.5, 0.6) is 0 Å².